The highest BCUT2D eigenvalue weighted by Gasteiger charge is 2.30. The molecular weight excluding hydrogens is 562 g/mol. The Hall–Kier alpha value is -4.11. The van der Waals surface area contributed by atoms with Crippen molar-refractivity contribution in [3.63, 3.8) is 0 Å². The molecule has 0 radical (unpaired) electrons. The number of likely N-dealkylation sites (tertiary alicyclic amines) is 1. The van der Waals surface area contributed by atoms with E-state index in [-0.39, 0.29) is 24.8 Å². The monoisotopic (exact) mass is 601 g/mol. The van der Waals surface area contributed by atoms with Crippen LogP contribution in [0.1, 0.15) is 59.3 Å². The molecule has 1 aliphatic rings. The summed E-state index contributed by atoms with van der Waals surface area (Å²) >= 11 is 0. The van der Waals surface area contributed by atoms with E-state index in [4.69, 9.17) is 4.74 Å². The number of aromatic nitrogens is 1. The molecule has 1 N–H and O–H groups in total. The number of carbonyl (C=O) groups is 2. The van der Waals surface area contributed by atoms with Crippen LogP contribution in [0.2, 0.25) is 0 Å². The molecular formula is C34H39N3O5S. The van der Waals surface area contributed by atoms with Crippen LogP contribution in [0.25, 0.3) is 10.9 Å². The second kappa shape index (κ2) is 13.9. The lowest BCUT2D eigenvalue weighted by molar-refractivity contribution is 0.0672. The minimum atomic E-state index is -3.96. The predicted octanol–water partition coefficient (Wildman–Crippen LogP) is 6.22. The summed E-state index contributed by atoms with van der Waals surface area (Å²) in [6.45, 7) is 3.12. The predicted molar refractivity (Wildman–Crippen MR) is 168 cm³/mol. The number of carbonyl (C=O) groups excluding carboxylic acids is 2. The smallest absolute Gasteiger partial charge is 0.410 e. The number of hydrogen-bond acceptors (Lipinski definition) is 5. The van der Waals surface area contributed by atoms with E-state index in [9.17, 15) is 18.0 Å². The number of ether oxygens (including phenoxy) is 1. The van der Waals surface area contributed by atoms with Crippen molar-refractivity contribution in [3.8, 4) is 0 Å². The average molecular weight is 602 g/mol. The maximum absolute atomic E-state index is 13.6. The minimum absolute atomic E-state index is 0.163. The summed E-state index contributed by atoms with van der Waals surface area (Å²) in [5.74, 6) is -0.893. The molecule has 0 saturated carbocycles. The number of nitrogens with one attached hydrogen (secondary N) is 1. The van der Waals surface area contributed by atoms with Gasteiger partial charge in [0.25, 0.3) is 5.91 Å². The molecule has 0 aliphatic carbocycles. The third-order valence-electron chi connectivity index (χ3n) is 8.16. The van der Waals surface area contributed by atoms with Crippen molar-refractivity contribution in [3.05, 3.63) is 107 Å². The van der Waals surface area contributed by atoms with Crippen molar-refractivity contribution < 1.29 is 22.7 Å². The van der Waals surface area contributed by atoms with Crippen LogP contribution in [0.4, 0.5) is 4.79 Å². The Morgan fingerprint density at radius 2 is 1.58 bits per heavy atom. The second-order valence-corrected chi connectivity index (χ2v) is 13.0. The Morgan fingerprint density at radius 3 is 2.33 bits per heavy atom. The Morgan fingerprint density at radius 1 is 0.907 bits per heavy atom. The van der Waals surface area contributed by atoms with Gasteiger partial charge in [-0.1, -0.05) is 78.9 Å². The fraction of sp³-hybridized carbons (Fsp3) is 0.353. The van der Waals surface area contributed by atoms with Gasteiger partial charge in [0.15, 0.2) is 0 Å². The summed E-state index contributed by atoms with van der Waals surface area (Å²) in [7, 11) is -3.96. The quantitative estimate of drug-likeness (QED) is 0.220. The molecule has 1 aliphatic heterocycles. The Bertz CT molecular complexity index is 1650. The first-order valence-electron chi connectivity index (χ1n) is 15.0. The first-order valence-corrected chi connectivity index (χ1v) is 16.6. The van der Waals surface area contributed by atoms with Gasteiger partial charge in [-0.2, -0.15) is 0 Å². The maximum atomic E-state index is 13.6. The number of hydrogen-bond donors (Lipinski definition) is 1. The Labute approximate surface area is 253 Å². The van der Waals surface area contributed by atoms with Gasteiger partial charge < -0.3 is 14.2 Å². The van der Waals surface area contributed by atoms with Crippen LogP contribution in [0.15, 0.2) is 84.9 Å². The standard InChI is InChI=1S/C34H39N3O5S/c1-26-30-19-8-9-20-31(30)37(23-12-17-27-13-4-2-5-14-27)32(26)33(38)35-43(40,41)24-21-29-18-10-11-22-36(29)34(39)42-25-28-15-6-3-7-16-28/h2-9,13-16,19-20,29H,10-12,17-18,21-25H2,1H3,(H,35,38). The Kier molecular flexibility index (Phi) is 9.82. The SMILES string of the molecule is Cc1c(C(=O)NS(=O)(=O)CCC2CCCCN2C(=O)OCc2ccccc2)n(CCCc2ccccc2)c2ccccc12. The van der Waals surface area contributed by atoms with Crippen molar-refractivity contribution in [1.29, 1.82) is 0 Å². The van der Waals surface area contributed by atoms with Crippen LogP contribution in [0, 0.1) is 6.92 Å². The number of rotatable bonds is 11. The number of benzene rings is 3. The van der Waals surface area contributed by atoms with Crippen LogP contribution < -0.4 is 4.72 Å². The molecule has 9 heteroatoms. The molecule has 1 aromatic heterocycles. The van der Waals surface area contributed by atoms with Crippen molar-refractivity contribution >= 4 is 32.9 Å². The summed E-state index contributed by atoms with van der Waals surface area (Å²) in [5, 5.41) is 0.927. The maximum Gasteiger partial charge on any atom is 0.410 e. The number of aryl methyl sites for hydroxylation is 3. The molecule has 0 bridgehead atoms. The molecule has 2 amide bonds. The normalized spacial score (nSPS) is 15.4. The topological polar surface area (TPSA) is 97.7 Å². The van der Waals surface area contributed by atoms with Crippen molar-refractivity contribution in [1.82, 2.24) is 14.2 Å². The molecule has 1 atom stereocenters. The van der Waals surface area contributed by atoms with Gasteiger partial charge in [-0.25, -0.2) is 17.9 Å². The first-order chi connectivity index (χ1) is 20.8. The second-order valence-electron chi connectivity index (χ2n) is 11.2. The number of sulfonamides is 1. The van der Waals surface area contributed by atoms with E-state index in [0.717, 1.165) is 47.7 Å². The largest absolute Gasteiger partial charge is 0.445 e. The van der Waals surface area contributed by atoms with Gasteiger partial charge in [0, 0.05) is 30.0 Å². The summed E-state index contributed by atoms with van der Waals surface area (Å²) in [6.07, 6.45) is 3.87. The zero-order valence-electron chi connectivity index (χ0n) is 24.6. The molecule has 1 saturated heterocycles. The molecule has 2 heterocycles. The molecule has 43 heavy (non-hydrogen) atoms. The van der Waals surface area contributed by atoms with E-state index < -0.39 is 22.0 Å². The third kappa shape index (κ3) is 7.65. The van der Waals surface area contributed by atoms with Crippen molar-refractivity contribution in [2.45, 2.75) is 64.6 Å². The van der Waals surface area contributed by atoms with E-state index in [1.165, 1.54) is 5.56 Å². The summed E-state index contributed by atoms with van der Waals surface area (Å²) in [6, 6.07) is 27.1. The van der Waals surface area contributed by atoms with Crippen LogP contribution in [-0.4, -0.2) is 48.2 Å². The third-order valence-corrected chi connectivity index (χ3v) is 9.43. The van der Waals surface area contributed by atoms with Gasteiger partial charge in [-0.3, -0.25) is 4.79 Å². The van der Waals surface area contributed by atoms with Gasteiger partial charge >= 0.3 is 6.09 Å². The zero-order valence-corrected chi connectivity index (χ0v) is 25.4. The van der Waals surface area contributed by atoms with Crippen LogP contribution >= 0.6 is 0 Å². The molecule has 1 fully saturated rings. The number of nitrogens with zero attached hydrogens (tertiary/aromatic N) is 2. The van der Waals surface area contributed by atoms with Gasteiger partial charge in [0.2, 0.25) is 10.0 Å². The van der Waals surface area contributed by atoms with E-state index in [2.05, 4.69) is 16.9 Å². The fourth-order valence-corrected chi connectivity index (χ4v) is 7.03. The van der Waals surface area contributed by atoms with Crippen LogP contribution in [0.5, 0.6) is 0 Å². The zero-order chi connectivity index (χ0) is 30.2. The molecule has 1 unspecified atom stereocenters. The number of fused-ring (bicyclic) bond motifs is 1. The lowest BCUT2D eigenvalue weighted by Crippen LogP contribution is -2.45. The number of amides is 2. The van der Waals surface area contributed by atoms with Gasteiger partial charge in [-0.15, -0.1) is 0 Å². The highest BCUT2D eigenvalue weighted by Crippen LogP contribution is 2.27. The van der Waals surface area contributed by atoms with Gasteiger partial charge in [0.05, 0.1) is 5.75 Å². The van der Waals surface area contributed by atoms with Crippen molar-refractivity contribution in [2.75, 3.05) is 12.3 Å². The molecule has 5 rings (SSSR count). The summed E-state index contributed by atoms with van der Waals surface area (Å²) in [5.41, 5.74) is 4.12. The fourth-order valence-electron chi connectivity index (χ4n) is 5.96. The van der Waals surface area contributed by atoms with Crippen LogP contribution in [0.3, 0.4) is 0 Å². The highest BCUT2D eigenvalue weighted by molar-refractivity contribution is 7.90. The van der Waals surface area contributed by atoms with E-state index in [1.807, 2.05) is 84.3 Å². The summed E-state index contributed by atoms with van der Waals surface area (Å²) in [4.78, 5) is 28.1. The minimum Gasteiger partial charge on any atom is -0.445 e. The average Bonchev–Trinajstić information content (AvgIpc) is 3.31. The summed E-state index contributed by atoms with van der Waals surface area (Å²) < 4.78 is 36.2. The molecule has 3 aromatic carbocycles. The first kappa shape index (κ1) is 30.4. The molecule has 4 aromatic rings. The molecule has 8 nitrogen and oxygen atoms in total. The van der Waals surface area contributed by atoms with Gasteiger partial charge in [-0.05, 0) is 68.2 Å². The molecule has 0 spiro atoms. The van der Waals surface area contributed by atoms with E-state index in [1.54, 1.807) is 4.90 Å². The van der Waals surface area contributed by atoms with E-state index in [0.29, 0.717) is 25.2 Å². The van der Waals surface area contributed by atoms with Crippen LogP contribution in [-0.2, 0) is 34.3 Å². The lowest BCUT2D eigenvalue weighted by Gasteiger charge is -2.34. The molecule has 226 valence electrons. The van der Waals surface area contributed by atoms with Gasteiger partial charge in [0.1, 0.15) is 12.3 Å². The Balaban J connectivity index is 1.24. The lowest BCUT2D eigenvalue weighted by atomic mass is 10.0. The highest BCUT2D eigenvalue weighted by atomic mass is 32.2. The van der Waals surface area contributed by atoms with E-state index >= 15 is 0 Å². The number of piperidine rings is 1. The number of para-hydroxylation sites is 1. The van der Waals surface area contributed by atoms with Crippen molar-refractivity contribution in [2.24, 2.45) is 0 Å².